The fourth-order valence-corrected chi connectivity index (χ4v) is 2.26. The smallest absolute Gasteiger partial charge is 0.332 e. The lowest BCUT2D eigenvalue weighted by Gasteiger charge is -2.22. The SMILES string of the molecule is Cn1c(=O)c2c(ncn2C2C=CC(O)CO2)n(C)c1=O. The Bertz CT molecular complexity index is 813. The van der Waals surface area contributed by atoms with Crippen molar-refractivity contribution >= 4 is 11.2 Å². The predicted octanol–water partition coefficient (Wildman–Crippen LogP) is -1.12. The van der Waals surface area contributed by atoms with E-state index in [1.165, 1.54) is 17.9 Å². The van der Waals surface area contributed by atoms with Crippen LogP contribution >= 0.6 is 0 Å². The Morgan fingerprint density at radius 2 is 2.05 bits per heavy atom. The minimum Gasteiger partial charge on any atom is -0.387 e. The Morgan fingerprint density at radius 1 is 1.30 bits per heavy atom. The van der Waals surface area contributed by atoms with Crippen molar-refractivity contribution in [3.63, 3.8) is 0 Å². The minimum absolute atomic E-state index is 0.146. The van der Waals surface area contributed by atoms with Crippen molar-refractivity contribution in [3.05, 3.63) is 39.3 Å². The Kier molecular flexibility index (Phi) is 2.84. The third kappa shape index (κ3) is 1.73. The Hall–Kier alpha value is -2.19. The van der Waals surface area contributed by atoms with Crippen LogP contribution in [0, 0.1) is 0 Å². The highest BCUT2D eigenvalue weighted by atomic mass is 16.5. The van der Waals surface area contributed by atoms with Gasteiger partial charge in [-0.2, -0.15) is 0 Å². The number of aromatic nitrogens is 4. The van der Waals surface area contributed by atoms with Crippen LogP contribution in [-0.2, 0) is 18.8 Å². The number of hydrogen-bond donors (Lipinski definition) is 1. The van der Waals surface area contributed by atoms with Gasteiger partial charge in [0.1, 0.15) is 6.33 Å². The maximum Gasteiger partial charge on any atom is 0.332 e. The molecule has 0 aromatic carbocycles. The molecule has 1 aliphatic heterocycles. The molecule has 2 aromatic heterocycles. The van der Waals surface area contributed by atoms with E-state index in [9.17, 15) is 14.7 Å². The number of aliphatic hydroxyl groups is 1. The van der Waals surface area contributed by atoms with E-state index in [0.717, 1.165) is 4.57 Å². The molecule has 3 rings (SSSR count). The largest absolute Gasteiger partial charge is 0.387 e. The van der Waals surface area contributed by atoms with Crippen molar-refractivity contribution in [2.24, 2.45) is 14.1 Å². The summed E-state index contributed by atoms with van der Waals surface area (Å²) in [4.78, 5) is 28.2. The topological polar surface area (TPSA) is 91.3 Å². The van der Waals surface area contributed by atoms with Gasteiger partial charge in [-0.3, -0.25) is 18.5 Å². The highest BCUT2D eigenvalue weighted by molar-refractivity contribution is 5.70. The molecule has 0 amide bonds. The normalized spacial score (nSPS) is 22.6. The zero-order valence-corrected chi connectivity index (χ0v) is 11.1. The first-order valence-corrected chi connectivity index (χ1v) is 6.11. The number of aryl methyl sites for hydroxylation is 1. The molecule has 2 atom stereocenters. The average Bonchev–Trinajstić information content (AvgIpc) is 2.88. The quantitative estimate of drug-likeness (QED) is 0.667. The number of rotatable bonds is 1. The Balaban J connectivity index is 2.27. The average molecular weight is 278 g/mol. The third-order valence-corrected chi connectivity index (χ3v) is 3.38. The molecule has 1 aliphatic rings. The second-order valence-corrected chi connectivity index (χ2v) is 4.71. The first-order valence-electron chi connectivity index (χ1n) is 6.11. The molecule has 0 radical (unpaired) electrons. The Morgan fingerprint density at radius 3 is 2.70 bits per heavy atom. The summed E-state index contributed by atoms with van der Waals surface area (Å²) in [7, 11) is 2.98. The molecule has 0 fully saturated rings. The van der Waals surface area contributed by atoms with E-state index in [4.69, 9.17) is 4.74 Å². The zero-order valence-electron chi connectivity index (χ0n) is 11.1. The van der Waals surface area contributed by atoms with Gasteiger partial charge in [0.05, 0.1) is 12.7 Å². The van der Waals surface area contributed by atoms with Gasteiger partial charge in [-0.1, -0.05) is 6.08 Å². The summed E-state index contributed by atoms with van der Waals surface area (Å²) in [5.41, 5.74) is -0.256. The van der Waals surface area contributed by atoms with E-state index in [2.05, 4.69) is 4.98 Å². The van der Waals surface area contributed by atoms with Crippen LogP contribution in [0.25, 0.3) is 11.2 Å². The predicted molar refractivity (Wildman–Crippen MR) is 70.4 cm³/mol. The van der Waals surface area contributed by atoms with Crippen LogP contribution in [0.1, 0.15) is 6.23 Å². The van der Waals surface area contributed by atoms with E-state index >= 15 is 0 Å². The molecule has 106 valence electrons. The van der Waals surface area contributed by atoms with Crippen molar-refractivity contribution in [2.45, 2.75) is 12.3 Å². The molecule has 0 bridgehead atoms. The maximum atomic E-state index is 12.2. The number of fused-ring (bicyclic) bond motifs is 1. The molecule has 8 nitrogen and oxygen atoms in total. The molecular formula is C12H14N4O4. The number of imidazole rings is 1. The standard InChI is InChI=1S/C12H14N4O4/c1-14-10-9(11(18)15(2)12(14)19)16(6-13-10)8-4-3-7(17)5-20-8/h3-4,6-8,17H,5H2,1-2H3. The summed E-state index contributed by atoms with van der Waals surface area (Å²) >= 11 is 0. The summed E-state index contributed by atoms with van der Waals surface area (Å²) in [6, 6.07) is 0. The molecule has 2 unspecified atom stereocenters. The van der Waals surface area contributed by atoms with Crippen LogP contribution in [0.3, 0.4) is 0 Å². The summed E-state index contributed by atoms with van der Waals surface area (Å²) in [5, 5.41) is 9.37. The summed E-state index contributed by atoms with van der Waals surface area (Å²) in [6.45, 7) is 0.146. The molecule has 1 N–H and O–H groups in total. The van der Waals surface area contributed by atoms with Crippen LogP contribution in [0.15, 0.2) is 28.1 Å². The number of ether oxygens (including phenoxy) is 1. The van der Waals surface area contributed by atoms with Gasteiger partial charge < -0.3 is 9.84 Å². The molecule has 20 heavy (non-hydrogen) atoms. The van der Waals surface area contributed by atoms with E-state index < -0.39 is 23.6 Å². The fraction of sp³-hybridized carbons (Fsp3) is 0.417. The first-order chi connectivity index (χ1) is 9.50. The Labute approximate surface area is 113 Å². The van der Waals surface area contributed by atoms with Gasteiger partial charge in [-0.25, -0.2) is 9.78 Å². The van der Waals surface area contributed by atoms with Crippen molar-refractivity contribution in [2.75, 3.05) is 6.61 Å². The molecule has 0 spiro atoms. The lowest BCUT2D eigenvalue weighted by atomic mass is 10.2. The molecule has 8 heteroatoms. The van der Waals surface area contributed by atoms with Gasteiger partial charge in [0, 0.05) is 14.1 Å². The lowest BCUT2D eigenvalue weighted by molar-refractivity contribution is -0.0163. The van der Waals surface area contributed by atoms with Crippen molar-refractivity contribution in [1.82, 2.24) is 18.7 Å². The number of hydrogen-bond acceptors (Lipinski definition) is 5. The number of nitrogens with zero attached hydrogens (tertiary/aromatic N) is 4. The van der Waals surface area contributed by atoms with Crippen LogP contribution in [0.2, 0.25) is 0 Å². The summed E-state index contributed by atoms with van der Waals surface area (Å²) in [6.07, 6.45) is 3.55. The van der Waals surface area contributed by atoms with Crippen LogP contribution in [-0.4, -0.2) is 36.5 Å². The van der Waals surface area contributed by atoms with Gasteiger partial charge in [0.2, 0.25) is 0 Å². The monoisotopic (exact) mass is 278 g/mol. The van der Waals surface area contributed by atoms with Gasteiger partial charge in [-0.15, -0.1) is 0 Å². The second-order valence-electron chi connectivity index (χ2n) is 4.71. The van der Waals surface area contributed by atoms with Crippen LogP contribution in [0.4, 0.5) is 0 Å². The van der Waals surface area contributed by atoms with E-state index in [0.29, 0.717) is 11.2 Å². The van der Waals surface area contributed by atoms with Gasteiger partial charge in [0.15, 0.2) is 17.4 Å². The first kappa shape index (κ1) is 12.8. The maximum absolute atomic E-state index is 12.2. The third-order valence-electron chi connectivity index (χ3n) is 3.38. The highest BCUT2D eigenvalue weighted by Gasteiger charge is 2.21. The van der Waals surface area contributed by atoms with Gasteiger partial charge in [-0.05, 0) is 6.08 Å². The van der Waals surface area contributed by atoms with Crippen molar-refractivity contribution in [3.8, 4) is 0 Å². The van der Waals surface area contributed by atoms with Crippen LogP contribution in [0.5, 0.6) is 0 Å². The minimum atomic E-state index is -0.645. The van der Waals surface area contributed by atoms with E-state index in [1.54, 1.807) is 23.8 Å². The molecule has 0 saturated carbocycles. The number of aliphatic hydroxyl groups excluding tert-OH is 1. The molecule has 3 heterocycles. The molecule has 0 aliphatic carbocycles. The van der Waals surface area contributed by atoms with E-state index in [-0.39, 0.29) is 6.61 Å². The second kappa shape index (κ2) is 4.43. The highest BCUT2D eigenvalue weighted by Crippen LogP contribution is 2.19. The van der Waals surface area contributed by atoms with Gasteiger partial charge in [0.25, 0.3) is 5.56 Å². The molecule has 2 aromatic rings. The van der Waals surface area contributed by atoms with Crippen molar-refractivity contribution in [1.29, 1.82) is 0 Å². The zero-order chi connectivity index (χ0) is 14.4. The fourth-order valence-electron chi connectivity index (χ4n) is 2.26. The molecule has 0 saturated heterocycles. The van der Waals surface area contributed by atoms with Crippen molar-refractivity contribution < 1.29 is 9.84 Å². The van der Waals surface area contributed by atoms with E-state index in [1.807, 2.05) is 0 Å². The van der Waals surface area contributed by atoms with Gasteiger partial charge >= 0.3 is 5.69 Å². The summed E-state index contributed by atoms with van der Waals surface area (Å²) in [5.74, 6) is 0. The lowest BCUT2D eigenvalue weighted by Crippen LogP contribution is -2.38. The molecular weight excluding hydrogens is 264 g/mol. The van der Waals surface area contributed by atoms with Crippen LogP contribution < -0.4 is 11.2 Å². The summed E-state index contributed by atoms with van der Waals surface area (Å²) < 4.78 is 9.36.